The van der Waals surface area contributed by atoms with E-state index in [2.05, 4.69) is 5.10 Å². The van der Waals surface area contributed by atoms with E-state index in [4.69, 9.17) is 4.74 Å². The second-order valence-electron chi connectivity index (χ2n) is 4.35. The van der Waals surface area contributed by atoms with E-state index < -0.39 is 17.4 Å². The summed E-state index contributed by atoms with van der Waals surface area (Å²) < 4.78 is 44.4. The highest BCUT2D eigenvalue weighted by atomic mass is 19.4. The van der Waals surface area contributed by atoms with Crippen LogP contribution in [-0.4, -0.2) is 16.9 Å². The summed E-state index contributed by atoms with van der Waals surface area (Å²) in [6.07, 6.45) is -4.67. The first-order valence-corrected chi connectivity index (χ1v) is 5.81. The number of benzene rings is 1. The number of alkyl halides is 3. The number of nitrogens with zero attached hydrogens (tertiary/aromatic N) is 1. The first-order valence-electron chi connectivity index (χ1n) is 5.81. The average Bonchev–Trinajstić information content (AvgIpc) is 2.68. The van der Waals surface area contributed by atoms with Crippen molar-refractivity contribution in [1.29, 1.82) is 0 Å². The molecule has 4 nitrogen and oxygen atoms in total. The Kier molecular flexibility index (Phi) is 3.61. The number of aromatic nitrogens is 2. The second-order valence-corrected chi connectivity index (χ2v) is 4.35. The normalized spacial score (nSPS) is 11.7. The van der Waals surface area contributed by atoms with Gasteiger partial charge in [0.25, 0.3) is 5.56 Å². The van der Waals surface area contributed by atoms with Crippen molar-refractivity contribution in [2.45, 2.75) is 12.6 Å². The Morgan fingerprint density at radius 1 is 1.25 bits per heavy atom. The monoisotopic (exact) mass is 286 g/mol. The van der Waals surface area contributed by atoms with Crippen molar-refractivity contribution in [3.63, 3.8) is 0 Å². The summed E-state index contributed by atoms with van der Waals surface area (Å²) in [5, 5.41) is 2.05. The standard InChI is InChI=1S/C13H13F3N2O2/c1-18-12(19)10(11(17-18)13(14,15)16)7-8-3-5-9(20-2)6-4-8/h3-6,17H,7H2,1-2H3. The summed E-state index contributed by atoms with van der Waals surface area (Å²) in [5.74, 6) is 0.603. The molecule has 0 aliphatic carbocycles. The van der Waals surface area contributed by atoms with Crippen molar-refractivity contribution in [3.8, 4) is 5.75 Å². The van der Waals surface area contributed by atoms with Crippen LogP contribution in [0.5, 0.6) is 5.75 Å². The number of hydrogen-bond acceptors (Lipinski definition) is 2. The van der Waals surface area contributed by atoms with Crippen LogP contribution in [0.2, 0.25) is 0 Å². The quantitative estimate of drug-likeness (QED) is 0.941. The maximum atomic E-state index is 12.9. The molecular formula is C13H13F3N2O2. The first kappa shape index (κ1) is 14.2. The molecule has 0 aliphatic heterocycles. The molecule has 0 atom stereocenters. The summed E-state index contributed by atoms with van der Waals surface area (Å²) in [7, 11) is 2.76. The van der Waals surface area contributed by atoms with Crippen molar-refractivity contribution in [2.24, 2.45) is 7.05 Å². The molecule has 0 unspecified atom stereocenters. The third-order valence-electron chi connectivity index (χ3n) is 2.97. The third-order valence-corrected chi connectivity index (χ3v) is 2.97. The Labute approximate surface area is 112 Å². The zero-order valence-electron chi connectivity index (χ0n) is 10.9. The number of aryl methyl sites for hydroxylation is 1. The Balaban J connectivity index is 2.40. The van der Waals surface area contributed by atoms with Gasteiger partial charge in [-0.15, -0.1) is 0 Å². The molecule has 1 heterocycles. The molecule has 0 aliphatic rings. The summed E-state index contributed by atoms with van der Waals surface area (Å²) in [4.78, 5) is 11.8. The molecule has 1 N–H and O–H groups in total. The number of rotatable bonds is 3. The van der Waals surface area contributed by atoms with Crippen molar-refractivity contribution in [3.05, 3.63) is 51.4 Å². The largest absolute Gasteiger partial charge is 0.497 e. The molecule has 0 radical (unpaired) electrons. The van der Waals surface area contributed by atoms with E-state index >= 15 is 0 Å². The van der Waals surface area contributed by atoms with E-state index in [9.17, 15) is 18.0 Å². The topological polar surface area (TPSA) is 47.0 Å². The van der Waals surface area contributed by atoms with Crippen LogP contribution in [-0.2, 0) is 19.6 Å². The molecule has 7 heteroatoms. The van der Waals surface area contributed by atoms with E-state index in [1.54, 1.807) is 24.3 Å². The maximum absolute atomic E-state index is 12.9. The lowest BCUT2D eigenvalue weighted by atomic mass is 10.1. The van der Waals surface area contributed by atoms with Crippen LogP contribution in [0.25, 0.3) is 0 Å². The molecule has 0 bridgehead atoms. The fourth-order valence-electron chi connectivity index (χ4n) is 1.94. The van der Waals surface area contributed by atoms with Crippen LogP contribution in [0.3, 0.4) is 0 Å². The number of halogens is 3. The fourth-order valence-corrected chi connectivity index (χ4v) is 1.94. The Morgan fingerprint density at radius 2 is 1.85 bits per heavy atom. The molecule has 1 aromatic heterocycles. The first-order chi connectivity index (χ1) is 9.32. The van der Waals surface area contributed by atoms with E-state index in [1.165, 1.54) is 14.2 Å². The highest BCUT2D eigenvalue weighted by molar-refractivity contribution is 5.33. The van der Waals surface area contributed by atoms with E-state index in [1.807, 2.05) is 0 Å². The lowest BCUT2D eigenvalue weighted by Crippen LogP contribution is -2.16. The number of methoxy groups -OCH3 is 1. The fraction of sp³-hybridized carbons (Fsp3) is 0.308. The zero-order valence-corrected chi connectivity index (χ0v) is 10.9. The molecule has 20 heavy (non-hydrogen) atoms. The molecule has 0 spiro atoms. The van der Waals surface area contributed by atoms with Crippen molar-refractivity contribution < 1.29 is 17.9 Å². The minimum absolute atomic E-state index is 0.0883. The molecule has 0 fully saturated rings. The van der Waals surface area contributed by atoms with Crippen LogP contribution < -0.4 is 10.3 Å². The lowest BCUT2D eigenvalue weighted by molar-refractivity contribution is -0.142. The molecule has 1 aromatic carbocycles. The summed E-state index contributed by atoms with van der Waals surface area (Å²) in [6, 6.07) is 6.54. The highest BCUT2D eigenvalue weighted by Gasteiger charge is 2.37. The van der Waals surface area contributed by atoms with Crippen LogP contribution in [0.1, 0.15) is 16.8 Å². The van der Waals surface area contributed by atoms with Crippen LogP contribution >= 0.6 is 0 Å². The number of ether oxygens (including phenoxy) is 1. The van der Waals surface area contributed by atoms with Crippen LogP contribution in [0.15, 0.2) is 29.1 Å². The van der Waals surface area contributed by atoms with Gasteiger partial charge in [-0.3, -0.25) is 14.6 Å². The Morgan fingerprint density at radius 3 is 2.35 bits per heavy atom. The molecule has 2 rings (SSSR count). The van der Waals surface area contributed by atoms with Crippen LogP contribution in [0.4, 0.5) is 13.2 Å². The summed E-state index contributed by atoms with van der Waals surface area (Å²) in [5.41, 5.74) is -1.35. The van der Waals surface area contributed by atoms with Gasteiger partial charge in [0.2, 0.25) is 0 Å². The molecule has 0 saturated heterocycles. The smallest absolute Gasteiger partial charge is 0.433 e. The van der Waals surface area contributed by atoms with Gasteiger partial charge in [0.05, 0.1) is 12.7 Å². The number of nitrogens with one attached hydrogen (secondary N) is 1. The molecule has 108 valence electrons. The van der Waals surface area contributed by atoms with Gasteiger partial charge in [0.1, 0.15) is 11.4 Å². The highest BCUT2D eigenvalue weighted by Crippen LogP contribution is 2.30. The van der Waals surface area contributed by atoms with Gasteiger partial charge in [-0.25, -0.2) is 0 Å². The Hall–Kier alpha value is -2.18. The van der Waals surface area contributed by atoms with E-state index in [0.717, 1.165) is 4.68 Å². The number of hydrogen-bond donors (Lipinski definition) is 1. The van der Waals surface area contributed by atoms with Crippen LogP contribution in [0, 0.1) is 0 Å². The molecular weight excluding hydrogens is 273 g/mol. The van der Waals surface area contributed by atoms with E-state index in [-0.39, 0.29) is 12.0 Å². The van der Waals surface area contributed by atoms with Crippen molar-refractivity contribution in [2.75, 3.05) is 7.11 Å². The van der Waals surface area contributed by atoms with Gasteiger partial charge in [-0.2, -0.15) is 13.2 Å². The van der Waals surface area contributed by atoms with Gasteiger partial charge >= 0.3 is 6.18 Å². The summed E-state index contributed by atoms with van der Waals surface area (Å²) in [6.45, 7) is 0. The van der Waals surface area contributed by atoms with Gasteiger partial charge in [0, 0.05) is 13.5 Å². The van der Waals surface area contributed by atoms with Gasteiger partial charge in [0.15, 0.2) is 0 Å². The molecule has 0 amide bonds. The predicted octanol–water partition coefficient (Wildman–Crippen LogP) is 2.33. The number of aromatic amines is 1. The predicted molar refractivity (Wildman–Crippen MR) is 66.8 cm³/mol. The van der Waals surface area contributed by atoms with Crippen molar-refractivity contribution in [1.82, 2.24) is 9.78 Å². The molecule has 0 saturated carbocycles. The number of H-pyrrole nitrogens is 1. The minimum Gasteiger partial charge on any atom is -0.497 e. The average molecular weight is 286 g/mol. The molecule has 2 aromatic rings. The minimum atomic E-state index is -4.58. The van der Waals surface area contributed by atoms with Gasteiger partial charge in [-0.1, -0.05) is 12.1 Å². The van der Waals surface area contributed by atoms with Crippen molar-refractivity contribution >= 4 is 0 Å². The SMILES string of the molecule is COc1ccc(Cc2c(C(F)(F)F)[nH]n(C)c2=O)cc1. The Bertz CT molecular complexity index is 654. The van der Waals surface area contributed by atoms with Gasteiger partial charge < -0.3 is 4.74 Å². The maximum Gasteiger partial charge on any atom is 0.433 e. The summed E-state index contributed by atoms with van der Waals surface area (Å²) >= 11 is 0. The lowest BCUT2D eigenvalue weighted by Gasteiger charge is -2.07. The van der Waals surface area contributed by atoms with E-state index in [0.29, 0.717) is 11.3 Å². The third kappa shape index (κ3) is 2.71. The zero-order chi connectivity index (χ0) is 14.9. The second kappa shape index (κ2) is 5.07. The van der Waals surface area contributed by atoms with Gasteiger partial charge in [-0.05, 0) is 17.7 Å².